The van der Waals surface area contributed by atoms with Gasteiger partial charge in [0.05, 0.1) is 6.61 Å². The van der Waals surface area contributed by atoms with Crippen molar-refractivity contribution in [2.75, 3.05) is 25.1 Å². The van der Waals surface area contributed by atoms with Gasteiger partial charge in [0.2, 0.25) is 5.91 Å². The number of hydrogen-bond acceptors (Lipinski definition) is 3. The standard InChI is InChI=1S/C14H22N2O2/c1-11(2)10-18-13-6-4-12(5-7-13)16(3)14(17)8-9-15/h4-7,11H,8-10,15H2,1-3H3. The molecule has 18 heavy (non-hydrogen) atoms. The van der Waals surface area contributed by atoms with Crippen LogP contribution in [-0.2, 0) is 4.79 Å². The van der Waals surface area contributed by atoms with Crippen LogP contribution in [0.4, 0.5) is 5.69 Å². The van der Waals surface area contributed by atoms with Gasteiger partial charge in [-0.1, -0.05) is 13.8 Å². The van der Waals surface area contributed by atoms with Crippen molar-refractivity contribution in [2.24, 2.45) is 11.7 Å². The average Bonchev–Trinajstić information content (AvgIpc) is 2.36. The third-order valence-corrected chi connectivity index (χ3v) is 2.54. The lowest BCUT2D eigenvalue weighted by Crippen LogP contribution is -2.27. The highest BCUT2D eigenvalue weighted by molar-refractivity contribution is 5.92. The molecule has 0 saturated carbocycles. The van der Waals surface area contributed by atoms with E-state index in [1.165, 1.54) is 0 Å². The molecule has 1 aromatic carbocycles. The van der Waals surface area contributed by atoms with E-state index in [-0.39, 0.29) is 5.91 Å². The Morgan fingerprint density at radius 3 is 2.44 bits per heavy atom. The molecule has 0 saturated heterocycles. The minimum Gasteiger partial charge on any atom is -0.493 e. The van der Waals surface area contributed by atoms with E-state index >= 15 is 0 Å². The van der Waals surface area contributed by atoms with Crippen LogP contribution in [0.25, 0.3) is 0 Å². The highest BCUT2D eigenvalue weighted by Gasteiger charge is 2.09. The summed E-state index contributed by atoms with van der Waals surface area (Å²) in [7, 11) is 1.75. The molecule has 100 valence electrons. The Morgan fingerprint density at radius 2 is 1.94 bits per heavy atom. The molecule has 0 aliphatic rings. The molecular weight excluding hydrogens is 228 g/mol. The number of carbonyl (C=O) groups excluding carboxylic acids is 1. The lowest BCUT2D eigenvalue weighted by Gasteiger charge is -2.17. The Morgan fingerprint density at radius 1 is 1.33 bits per heavy atom. The van der Waals surface area contributed by atoms with Gasteiger partial charge in [-0.25, -0.2) is 0 Å². The van der Waals surface area contributed by atoms with Crippen molar-refractivity contribution >= 4 is 11.6 Å². The van der Waals surface area contributed by atoms with Gasteiger partial charge >= 0.3 is 0 Å². The van der Waals surface area contributed by atoms with Gasteiger partial charge in [-0.3, -0.25) is 4.79 Å². The van der Waals surface area contributed by atoms with Crippen molar-refractivity contribution in [3.8, 4) is 5.75 Å². The number of nitrogens with zero attached hydrogens (tertiary/aromatic N) is 1. The third kappa shape index (κ3) is 4.37. The highest BCUT2D eigenvalue weighted by atomic mass is 16.5. The molecule has 4 heteroatoms. The molecule has 0 fully saturated rings. The van der Waals surface area contributed by atoms with Crippen LogP contribution in [0.3, 0.4) is 0 Å². The van der Waals surface area contributed by atoms with Crippen molar-refractivity contribution in [1.29, 1.82) is 0 Å². The van der Waals surface area contributed by atoms with Gasteiger partial charge in [0.15, 0.2) is 0 Å². The van der Waals surface area contributed by atoms with E-state index in [0.29, 0.717) is 25.5 Å². The SMILES string of the molecule is CC(C)COc1ccc(N(C)C(=O)CCN)cc1. The van der Waals surface area contributed by atoms with Gasteiger partial charge in [0.1, 0.15) is 5.75 Å². The van der Waals surface area contributed by atoms with Gasteiger partial charge in [-0.2, -0.15) is 0 Å². The molecular formula is C14H22N2O2. The van der Waals surface area contributed by atoms with E-state index in [2.05, 4.69) is 13.8 Å². The Hall–Kier alpha value is -1.55. The van der Waals surface area contributed by atoms with Gasteiger partial charge in [-0.15, -0.1) is 0 Å². The van der Waals surface area contributed by atoms with Crippen molar-refractivity contribution in [3.63, 3.8) is 0 Å². The van der Waals surface area contributed by atoms with Crippen molar-refractivity contribution in [3.05, 3.63) is 24.3 Å². The molecule has 4 nitrogen and oxygen atoms in total. The molecule has 0 radical (unpaired) electrons. The molecule has 1 amide bonds. The monoisotopic (exact) mass is 250 g/mol. The molecule has 0 heterocycles. The maximum atomic E-state index is 11.7. The maximum absolute atomic E-state index is 11.7. The molecule has 0 unspecified atom stereocenters. The minimum atomic E-state index is 0.0216. The predicted octanol–water partition coefficient (Wildman–Crippen LogP) is 2.03. The molecule has 0 atom stereocenters. The fraction of sp³-hybridized carbons (Fsp3) is 0.500. The molecule has 2 N–H and O–H groups in total. The Labute approximate surface area is 109 Å². The van der Waals surface area contributed by atoms with E-state index in [9.17, 15) is 4.79 Å². The first kappa shape index (κ1) is 14.5. The van der Waals surface area contributed by atoms with E-state index in [4.69, 9.17) is 10.5 Å². The van der Waals surface area contributed by atoms with Gasteiger partial charge < -0.3 is 15.4 Å². The number of hydrogen-bond donors (Lipinski definition) is 1. The van der Waals surface area contributed by atoms with Gasteiger partial charge in [0, 0.05) is 25.7 Å². The molecule has 0 aromatic heterocycles. The summed E-state index contributed by atoms with van der Waals surface area (Å²) in [5.41, 5.74) is 6.22. The third-order valence-electron chi connectivity index (χ3n) is 2.54. The van der Waals surface area contributed by atoms with Gasteiger partial charge in [-0.05, 0) is 30.2 Å². The number of anilines is 1. The van der Waals surface area contributed by atoms with Gasteiger partial charge in [0.25, 0.3) is 0 Å². The fourth-order valence-corrected chi connectivity index (χ4v) is 1.46. The zero-order valence-corrected chi connectivity index (χ0v) is 11.3. The predicted molar refractivity (Wildman–Crippen MR) is 73.9 cm³/mol. The Kier molecular flexibility index (Phi) is 5.65. The van der Waals surface area contributed by atoms with Crippen molar-refractivity contribution < 1.29 is 9.53 Å². The zero-order chi connectivity index (χ0) is 13.5. The summed E-state index contributed by atoms with van der Waals surface area (Å²) < 4.78 is 5.59. The maximum Gasteiger partial charge on any atom is 0.227 e. The first-order valence-electron chi connectivity index (χ1n) is 6.24. The van der Waals surface area contributed by atoms with E-state index in [1.807, 2.05) is 24.3 Å². The Balaban J connectivity index is 2.61. The quantitative estimate of drug-likeness (QED) is 0.840. The van der Waals surface area contributed by atoms with Crippen LogP contribution < -0.4 is 15.4 Å². The normalized spacial score (nSPS) is 10.5. The summed E-state index contributed by atoms with van der Waals surface area (Å²) in [6.07, 6.45) is 0.363. The van der Waals surface area contributed by atoms with Crippen LogP contribution in [-0.4, -0.2) is 26.1 Å². The number of benzene rings is 1. The van der Waals surface area contributed by atoms with Crippen LogP contribution in [0, 0.1) is 5.92 Å². The second-order valence-corrected chi connectivity index (χ2v) is 4.69. The van der Waals surface area contributed by atoms with E-state index in [0.717, 1.165) is 11.4 Å². The largest absolute Gasteiger partial charge is 0.493 e. The minimum absolute atomic E-state index is 0.0216. The van der Waals surface area contributed by atoms with Crippen molar-refractivity contribution in [1.82, 2.24) is 0 Å². The summed E-state index contributed by atoms with van der Waals surface area (Å²) in [6, 6.07) is 7.52. The number of amides is 1. The number of nitrogens with two attached hydrogens (primary N) is 1. The number of ether oxygens (including phenoxy) is 1. The fourth-order valence-electron chi connectivity index (χ4n) is 1.46. The molecule has 0 spiro atoms. The van der Waals surface area contributed by atoms with Crippen LogP contribution in [0.2, 0.25) is 0 Å². The van der Waals surface area contributed by atoms with Crippen LogP contribution in [0.15, 0.2) is 24.3 Å². The second-order valence-electron chi connectivity index (χ2n) is 4.69. The summed E-state index contributed by atoms with van der Waals surface area (Å²) in [5, 5.41) is 0. The molecule has 0 aliphatic heterocycles. The lowest BCUT2D eigenvalue weighted by molar-refractivity contribution is -0.118. The second kappa shape index (κ2) is 7.01. The Bertz CT molecular complexity index is 374. The lowest BCUT2D eigenvalue weighted by atomic mass is 10.2. The summed E-state index contributed by atoms with van der Waals surface area (Å²) in [4.78, 5) is 13.3. The van der Waals surface area contributed by atoms with E-state index < -0.39 is 0 Å². The first-order chi connectivity index (χ1) is 8.54. The van der Waals surface area contributed by atoms with Crippen LogP contribution >= 0.6 is 0 Å². The smallest absolute Gasteiger partial charge is 0.227 e. The highest BCUT2D eigenvalue weighted by Crippen LogP contribution is 2.19. The van der Waals surface area contributed by atoms with Crippen molar-refractivity contribution in [2.45, 2.75) is 20.3 Å². The van der Waals surface area contributed by atoms with E-state index in [1.54, 1.807) is 11.9 Å². The van der Waals surface area contributed by atoms with Crippen LogP contribution in [0.1, 0.15) is 20.3 Å². The number of carbonyl (C=O) groups is 1. The molecule has 0 aliphatic carbocycles. The summed E-state index contributed by atoms with van der Waals surface area (Å²) in [5.74, 6) is 1.35. The number of rotatable bonds is 6. The first-order valence-corrected chi connectivity index (χ1v) is 6.24. The topological polar surface area (TPSA) is 55.6 Å². The molecule has 0 bridgehead atoms. The zero-order valence-electron chi connectivity index (χ0n) is 11.3. The van der Waals surface area contributed by atoms with Crippen LogP contribution in [0.5, 0.6) is 5.75 Å². The average molecular weight is 250 g/mol. The summed E-state index contributed by atoms with van der Waals surface area (Å²) >= 11 is 0. The molecule has 1 aromatic rings. The summed E-state index contributed by atoms with van der Waals surface area (Å²) in [6.45, 7) is 5.28. The molecule has 1 rings (SSSR count).